The van der Waals surface area contributed by atoms with Gasteiger partial charge >= 0.3 is 0 Å². The molecule has 0 fully saturated rings. The summed E-state index contributed by atoms with van der Waals surface area (Å²) in [6, 6.07) is 8.04. The molecule has 3 nitrogen and oxygen atoms in total. The fourth-order valence-electron chi connectivity index (χ4n) is 1.76. The first-order valence-corrected chi connectivity index (χ1v) is 6.30. The van der Waals surface area contributed by atoms with E-state index in [-0.39, 0.29) is 12.3 Å². The summed E-state index contributed by atoms with van der Waals surface area (Å²) < 4.78 is 11.0. The van der Waals surface area contributed by atoms with Crippen LogP contribution in [0.3, 0.4) is 0 Å². The van der Waals surface area contributed by atoms with Crippen molar-refractivity contribution in [1.82, 2.24) is 0 Å². The van der Waals surface area contributed by atoms with Gasteiger partial charge in [-0.2, -0.15) is 0 Å². The number of rotatable bonds is 7. The Morgan fingerprint density at radius 2 is 1.76 bits per heavy atom. The van der Waals surface area contributed by atoms with Gasteiger partial charge in [-0.15, -0.1) is 0 Å². The number of aryl methyl sites for hydroxylation is 1. The molecule has 0 aliphatic heterocycles. The van der Waals surface area contributed by atoms with E-state index in [2.05, 4.69) is 19.1 Å². The molecular weight excluding hydrogens is 214 g/mol. The molecular formula is C14H23NO2. The lowest BCUT2D eigenvalue weighted by molar-refractivity contribution is -0.149. The molecule has 0 spiro atoms. The maximum Gasteiger partial charge on any atom is 0.176 e. The molecule has 0 bridgehead atoms. The van der Waals surface area contributed by atoms with E-state index in [0.29, 0.717) is 13.2 Å². The topological polar surface area (TPSA) is 44.5 Å². The summed E-state index contributed by atoms with van der Waals surface area (Å²) in [4.78, 5) is 0. The Bertz CT molecular complexity index is 322. The number of nitrogens with two attached hydrogens (primary N) is 1. The van der Waals surface area contributed by atoms with E-state index in [1.165, 1.54) is 5.56 Å². The SMILES string of the molecule is CCOC(OCC)C(N)c1cccc(CC)c1. The molecule has 2 N–H and O–H groups in total. The zero-order valence-corrected chi connectivity index (χ0v) is 11.0. The standard InChI is InChI=1S/C14H23NO2/c1-4-11-8-7-9-12(10-11)13(15)14(16-5-2)17-6-3/h7-10,13-14H,4-6,15H2,1-3H3. The molecule has 0 radical (unpaired) electrons. The highest BCUT2D eigenvalue weighted by Gasteiger charge is 2.20. The van der Waals surface area contributed by atoms with Crippen LogP contribution in [0, 0.1) is 0 Å². The monoisotopic (exact) mass is 237 g/mol. The normalized spacial score (nSPS) is 13.0. The first-order chi connectivity index (χ1) is 8.22. The van der Waals surface area contributed by atoms with Crippen LogP contribution in [0.15, 0.2) is 24.3 Å². The lowest BCUT2D eigenvalue weighted by atomic mass is 10.0. The number of hydrogen-bond donors (Lipinski definition) is 1. The van der Waals surface area contributed by atoms with Crippen LogP contribution in [0.4, 0.5) is 0 Å². The molecule has 1 unspecified atom stereocenters. The smallest absolute Gasteiger partial charge is 0.176 e. The summed E-state index contributed by atoms with van der Waals surface area (Å²) >= 11 is 0. The predicted octanol–water partition coefficient (Wildman–Crippen LogP) is 2.65. The molecule has 0 amide bonds. The van der Waals surface area contributed by atoms with Gasteiger partial charge in [0.1, 0.15) is 0 Å². The fraction of sp³-hybridized carbons (Fsp3) is 0.571. The predicted molar refractivity (Wildman–Crippen MR) is 69.8 cm³/mol. The first-order valence-electron chi connectivity index (χ1n) is 6.30. The minimum absolute atomic E-state index is 0.235. The van der Waals surface area contributed by atoms with Crippen molar-refractivity contribution in [1.29, 1.82) is 0 Å². The van der Waals surface area contributed by atoms with Crippen molar-refractivity contribution in [2.24, 2.45) is 5.73 Å². The molecule has 0 saturated carbocycles. The molecule has 0 aliphatic rings. The Kier molecular flexibility index (Phi) is 6.19. The van der Waals surface area contributed by atoms with Gasteiger partial charge in [0.05, 0.1) is 6.04 Å². The molecule has 0 saturated heterocycles. The summed E-state index contributed by atoms with van der Waals surface area (Å²) in [5, 5.41) is 0. The molecule has 0 aliphatic carbocycles. The van der Waals surface area contributed by atoms with E-state index in [4.69, 9.17) is 15.2 Å². The third-order valence-corrected chi connectivity index (χ3v) is 2.70. The van der Waals surface area contributed by atoms with Gasteiger partial charge in [-0.05, 0) is 31.4 Å². The highest BCUT2D eigenvalue weighted by molar-refractivity contribution is 5.26. The summed E-state index contributed by atoms with van der Waals surface area (Å²) in [6.07, 6.45) is 0.645. The van der Waals surface area contributed by atoms with Gasteiger partial charge in [0.15, 0.2) is 6.29 Å². The van der Waals surface area contributed by atoms with Crippen LogP contribution in [-0.4, -0.2) is 19.5 Å². The van der Waals surface area contributed by atoms with Crippen molar-refractivity contribution in [3.63, 3.8) is 0 Å². The van der Waals surface area contributed by atoms with Gasteiger partial charge in [0.2, 0.25) is 0 Å². The summed E-state index contributed by atoms with van der Waals surface area (Å²) in [5.74, 6) is 0. The molecule has 0 heterocycles. The van der Waals surface area contributed by atoms with Crippen LogP contribution in [0.2, 0.25) is 0 Å². The Balaban J connectivity index is 2.79. The number of benzene rings is 1. The fourth-order valence-corrected chi connectivity index (χ4v) is 1.76. The molecule has 17 heavy (non-hydrogen) atoms. The van der Waals surface area contributed by atoms with Crippen LogP contribution in [0.5, 0.6) is 0 Å². The minimum Gasteiger partial charge on any atom is -0.351 e. The molecule has 1 aromatic carbocycles. The zero-order chi connectivity index (χ0) is 12.7. The van der Waals surface area contributed by atoms with E-state index in [9.17, 15) is 0 Å². The van der Waals surface area contributed by atoms with E-state index in [1.54, 1.807) is 0 Å². The second kappa shape index (κ2) is 7.43. The Hall–Kier alpha value is -0.900. The molecule has 0 aromatic heterocycles. The van der Waals surface area contributed by atoms with Gasteiger partial charge in [-0.25, -0.2) is 0 Å². The quantitative estimate of drug-likeness (QED) is 0.741. The maximum absolute atomic E-state index is 6.18. The molecule has 96 valence electrons. The Labute approximate surface area is 104 Å². The molecule has 1 rings (SSSR count). The van der Waals surface area contributed by atoms with Crippen LogP contribution < -0.4 is 5.73 Å². The van der Waals surface area contributed by atoms with E-state index in [0.717, 1.165) is 12.0 Å². The van der Waals surface area contributed by atoms with Gasteiger partial charge in [-0.3, -0.25) is 0 Å². The second-order valence-corrected chi connectivity index (χ2v) is 3.90. The lowest BCUT2D eigenvalue weighted by Crippen LogP contribution is -2.31. The van der Waals surface area contributed by atoms with Crippen LogP contribution in [-0.2, 0) is 15.9 Å². The minimum atomic E-state index is -0.364. The van der Waals surface area contributed by atoms with Crippen molar-refractivity contribution < 1.29 is 9.47 Å². The molecule has 1 aromatic rings. The zero-order valence-electron chi connectivity index (χ0n) is 11.0. The summed E-state index contributed by atoms with van der Waals surface area (Å²) in [6.45, 7) is 7.23. The van der Waals surface area contributed by atoms with Crippen LogP contribution >= 0.6 is 0 Å². The first kappa shape index (κ1) is 14.2. The Morgan fingerprint density at radius 1 is 1.12 bits per heavy atom. The van der Waals surface area contributed by atoms with E-state index >= 15 is 0 Å². The summed E-state index contributed by atoms with van der Waals surface area (Å²) in [5.41, 5.74) is 8.53. The Morgan fingerprint density at radius 3 is 2.29 bits per heavy atom. The van der Waals surface area contributed by atoms with Crippen molar-refractivity contribution in [3.8, 4) is 0 Å². The summed E-state index contributed by atoms with van der Waals surface area (Å²) in [7, 11) is 0. The average molecular weight is 237 g/mol. The highest BCUT2D eigenvalue weighted by atomic mass is 16.7. The average Bonchev–Trinajstić information content (AvgIpc) is 2.38. The third-order valence-electron chi connectivity index (χ3n) is 2.70. The number of ether oxygens (including phenoxy) is 2. The van der Waals surface area contributed by atoms with Gasteiger partial charge in [-0.1, -0.05) is 31.2 Å². The van der Waals surface area contributed by atoms with Crippen molar-refractivity contribution >= 4 is 0 Å². The van der Waals surface area contributed by atoms with Crippen molar-refractivity contribution in [2.75, 3.05) is 13.2 Å². The lowest BCUT2D eigenvalue weighted by Gasteiger charge is -2.24. The van der Waals surface area contributed by atoms with E-state index < -0.39 is 0 Å². The molecule has 3 heteroatoms. The number of hydrogen-bond acceptors (Lipinski definition) is 3. The largest absolute Gasteiger partial charge is 0.351 e. The maximum atomic E-state index is 6.18. The molecule has 1 atom stereocenters. The van der Waals surface area contributed by atoms with E-state index in [1.807, 2.05) is 26.0 Å². The van der Waals surface area contributed by atoms with Gasteiger partial charge < -0.3 is 15.2 Å². The van der Waals surface area contributed by atoms with Crippen molar-refractivity contribution in [3.05, 3.63) is 35.4 Å². The van der Waals surface area contributed by atoms with Gasteiger partial charge in [0.25, 0.3) is 0 Å². The second-order valence-electron chi connectivity index (χ2n) is 3.90. The van der Waals surface area contributed by atoms with Gasteiger partial charge in [0, 0.05) is 13.2 Å². The van der Waals surface area contributed by atoms with Crippen molar-refractivity contribution in [2.45, 2.75) is 39.5 Å². The van der Waals surface area contributed by atoms with Crippen LogP contribution in [0.25, 0.3) is 0 Å². The van der Waals surface area contributed by atoms with Crippen LogP contribution in [0.1, 0.15) is 37.9 Å². The highest BCUT2D eigenvalue weighted by Crippen LogP contribution is 2.19. The third kappa shape index (κ3) is 4.11.